The topological polar surface area (TPSA) is 66.6 Å². The van der Waals surface area contributed by atoms with E-state index in [0.29, 0.717) is 12.8 Å². The third-order valence-electron chi connectivity index (χ3n) is 4.10. The van der Waals surface area contributed by atoms with Crippen molar-refractivity contribution in [1.29, 1.82) is 0 Å². The Labute approximate surface area is 103 Å². The van der Waals surface area contributed by atoms with Gasteiger partial charge in [0.05, 0.1) is 5.41 Å². The van der Waals surface area contributed by atoms with Crippen molar-refractivity contribution in [1.82, 2.24) is 4.90 Å². The lowest BCUT2D eigenvalue weighted by Crippen LogP contribution is -2.55. The third-order valence-corrected chi connectivity index (χ3v) is 4.10. The summed E-state index contributed by atoms with van der Waals surface area (Å²) in [7, 11) is 0. The molecule has 0 aromatic carbocycles. The number of carbonyl (C=O) groups excluding carboxylic acids is 1. The first kappa shape index (κ1) is 13.6. The second kappa shape index (κ2) is 4.09. The fourth-order valence-electron chi connectivity index (χ4n) is 2.35. The van der Waals surface area contributed by atoms with Crippen LogP contribution in [0.15, 0.2) is 0 Å². The van der Waals surface area contributed by atoms with E-state index in [9.17, 15) is 23.1 Å². The molecule has 18 heavy (non-hydrogen) atoms. The molecule has 7 heteroatoms. The van der Waals surface area contributed by atoms with Crippen LogP contribution in [0.1, 0.15) is 25.7 Å². The molecule has 0 atom stereocenters. The molecule has 1 aliphatic heterocycles. The monoisotopic (exact) mass is 266 g/mol. The number of nitrogens with two attached hydrogens (primary N) is 1. The van der Waals surface area contributed by atoms with Crippen LogP contribution in [0.2, 0.25) is 0 Å². The van der Waals surface area contributed by atoms with Gasteiger partial charge in [-0.05, 0) is 12.8 Å². The molecule has 1 aliphatic carbocycles. The number of halogens is 3. The molecule has 2 fully saturated rings. The Bertz CT molecular complexity index is 345. The normalized spacial score (nSPS) is 25.9. The fourth-order valence-corrected chi connectivity index (χ4v) is 2.35. The van der Waals surface area contributed by atoms with E-state index in [1.165, 1.54) is 4.90 Å². The van der Waals surface area contributed by atoms with Crippen molar-refractivity contribution in [2.24, 2.45) is 11.1 Å². The zero-order valence-electron chi connectivity index (χ0n) is 9.96. The molecule has 0 unspecified atom stereocenters. The highest BCUT2D eigenvalue weighted by atomic mass is 19.4. The molecule has 1 heterocycles. The van der Waals surface area contributed by atoms with Crippen molar-refractivity contribution < 1.29 is 23.1 Å². The molecule has 1 saturated heterocycles. The molecule has 1 amide bonds. The smallest absolute Gasteiger partial charge is 0.380 e. The number of aliphatic hydroxyl groups is 1. The summed E-state index contributed by atoms with van der Waals surface area (Å²) in [6.07, 6.45) is -4.12. The van der Waals surface area contributed by atoms with Crippen LogP contribution in [0.3, 0.4) is 0 Å². The molecule has 0 bridgehead atoms. The lowest BCUT2D eigenvalue weighted by atomic mass is 9.90. The summed E-state index contributed by atoms with van der Waals surface area (Å²) in [5.74, 6) is -0.158. The Morgan fingerprint density at radius 2 is 1.72 bits per heavy atom. The third kappa shape index (κ3) is 2.09. The molecule has 0 spiro atoms. The summed E-state index contributed by atoms with van der Waals surface area (Å²) < 4.78 is 37.8. The van der Waals surface area contributed by atoms with Crippen LogP contribution in [0, 0.1) is 5.41 Å². The summed E-state index contributed by atoms with van der Waals surface area (Å²) in [6.45, 7) is 0.124. The highest BCUT2D eigenvalue weighted by Crippen LogP contribution is 2.47. The van der Waals surface area contributed by atoms with Crippen LogP contribution in [-0.4, -0.2) is 47.3 Å². The summed E-state index contributed by atoms with van der Waals surface area (Å²) >= 11 is 0. The minimum Gasteiger partial charge on any atom is -0.380 e. The highest BCUT2D eigenvalue weighted by Gasteiger charge is 2.57. The average Bonchev–Trinajstić information content (AvgIpc) is 3.08. The van der Waals surface area contributed by atoms with E-state index in [-0.39, 0.29) is 25.5 Å². The van der Waals surface area contributed by atoms with Gasteiger partial charge < -0.3 is 15.7 Å². The van der Waals surface area contributed by atoms with Crippen LogP contribution < -0.4 is 5.73 Å². The van der Waals surface area contributed by atoms with Gasteiger partial charge in [0.2, 0.25) is 5.91 Å². The zero-order chi connectivity index (χ0) is 13.6. The molecule has 104 valence electrons. The van der Waals surface area contributed by atoms with E-state index in [4.69, 9.17) is 5.73 Å². The van der Waals surface area contributed by atoms with Gasteiger partial charge in [0.15, 0.2) is 5.60 Å². The maximum absolute atomic E-state index is 12.6. The van der Waals surface area contributed by atoms with E-state index in [1.807, 2.05) is 0 Å². The van der Waals surface area contributed by atoms with Crippen LogP contribution in [-0.2, 0) is 4.79 Å². The van der Waals surface area contributed by atoms with Crippen LogP contribution in [0.4, 0.5) is 13.2 Å². The van der Waals surface area contributed by atoms with Crippen LogP contribution in [0.25, 0.3) is 0 Å². The van der Waals surface area contributed by atoms with Gasteiger partial charge in [0, 0.05) is 32.5 Å². The van der Waals surface area contributed by atoms with Crippen molar-refractivity contribution in [2.45, 2.75) is 37.5 Å². The number of alkyl halides is 3. The van der Waals surface area contributed by atoms with Gasteiger partial charge in [-0.1, -0.05) is 0 Å². The molecule has 0 aromatic rings. The van der Waals surface area contributed by atoms with Gasteiger partial charge in [0.25, 0.3) is 0 Å². The van der Waals surface area contributed by atoms with Crippen molar-refractivity contribution in [2.75, 3.05) is 19.6 Å². The molecule has 0 radical (unpaired) electrons. The van der Waals surface area contributed by atoms with E-state index in [1.54, 1.807) is 0 Å². The largest absolute Gasteiger partial charge is 0.417 e. The first-order chi connectivity index (χ1) is 8.24. The number of nitrogens with zero attached hydrogens (tertiary/aromatic N) is 1. The van der Waals surface area contributed by atoms with Crippen LogP contribution in [0.5, 0.6) is 0 Å². The molecule has 1 saturated carbocycles. The Morgan fingerprint density at radius 3 is 2.06 bits per heavy atom. The number of carbonyl (C=O) groups is 1. The van der Waals surface area contributed by atoms with Crippen molar-refractivity contribution in [3.63, 3.8) is 0 Å². The second-order valence-electron chi connectivity index (χ2n) is 5.31. The molecular formula is C11H17F3N2O2. The summed E-state index contributed by atoms with van der Waals surface area (Å²) in [4.78, 5) is 13.5. The summed E-state index contributed by atoms with van der Waals surface area (Å²) in [5.41, 5.74) is 2.34. The molecule has 2 aliphatic rings. The van der Waals surface area contributed by atoms with E-state index in [2.05, 4.69) is 0 Å². The maximum atomic E-state index is 12.6. The molecule has 3 N–H and O–H groups in total. The molecular weight excluding hydrogens is 249 g/mol. The summed E-state index contributed by atoms with van der Waals surface area (Å²) in [6, 6.07) is 0. The number of amides is 1. The Hall–Kier alpha value is -0.820. The Morgan fingerprint density at radius 1 is 1.22 bits per heavy atom. The SMILES string of the molecule is NCC1(C(=O)N2CCC(O)(C(F)(F)F)CC2)CC1. The number of rotatable bonds is 2. The van der Waals surface area contributed by atoms with E-state index in [0.717, 1.165) is 0 Å². The molecule has 2 rings (SSSR count). The van der Waals surface area contributed by atoms with Gasteiger partial charge in [-0.2, -0.15) is 13.2 Å². The minimum atomic E-state index is -4.63. The number of likely N-dealkylation sites (tertiary alicyclic amines) is 1. The molecule has 0 aromatic heterocycles. The van der Waals surface area contributed by atoms with Gasteiger partial charge in [-0.25, -0.2) is 0 Å². The second-order valence-corrected chi connectivity index (χ2v) is 5.31. The van der Waals surface area contributed by atoms with Gasteiger partial charge >= 0.3 is 6.18 Å². The van der Waals surface area contributed by atoms with E-state index < -0.39 is 30.0 Å². The quantitative estimate of drug-likeness (QED) is 0.771. The number of piperidine rings is 1. The van der Waals surface area contributed by atoms with Crippen molar-refractivity contribution in [3.8, 4) is 0 Å². The lowest BCUT2D eigenvalue weighted by molar-refractivity contribution is -0.272. The summed E-state index contributed by atoms with van der Waals surface area (Å²) in [5, 5.41) is 9.50. The van der Waals surface area contributed by atoms with Gasteiger partial charge in [-0.15, -0.1) is 0 Å². The minimum absolute atomic E-state index is 0.0589. The highest BCUT2D eigenvalue weighted by molar-refractivity contribution is 5.85. The standard InChI is InChI=1S/C11H17F3N2O2/c12-11(13,14)10(18)3-5-16(6-4-10)8(17)9(7-15)1-2-9/h18H,1-7,15H2. The average molecular weight is 266 g/mol. The fraction of sp³-hybridized carbons (Fsp3) is 0.909. The Balaban J connectivity index is 1.97. The van der Waals surface area contributed by atoms with Crippen LogP contribution >= 0.6 is 0 Å². The molecule has 4 nitrogen and oxygen atoms in total. The maximum Gasteiger partial charge on any atom is 0.417 e. The first-order valence-electron chi connectivity index (χ1n) is 6.03. The van der Waals surface area contributed by atoms with Gasteiger partial charge in [0.1, 0.15) is 0 Å². The zero-order valence-corrected chi connectivity index (χ0v) is 9.96. The van der Waals surface area contributed by atoms with Gasteiger partial charge in [-0.3, -0.25) is 4.79 Å². The van der Waals surface area contributed by atoms with Crippen molar-refractivity contribution >= 4 is 5.91 Å². The first-order valence-corrected chi connectivity index (χ1v) is 6.03. The Kier molecular flexibility index (Phi) is 3.09. The number of hydrogen-bond acceptors (Lipinski definition) is 3. The lowest BCUT2D eigenvalue weighted by Gasteiger charge is -2.40. The van der Waals surface area contributed by atoms with E-state index >= 15 is 0 Å². The number of hydrogen-bond donors (Lipinski definition) is 2. The van der Waals surface area contributed by atoms with Crippen molar-refractivity contribution in [3.05, 3.63) is 0 Å². The predicted molar refractivity (Wildman–Crippen MR) is 57.5 cm³/mol. The predicted octanol–water partition coefficient (Wildman–Crippen LogP) is 0.641.